The first-order valence-corrected chi connectivity index (χ1v) is 9.51. The van der Waals surface area contributed by atoms with Gasteiger partial charge in [-0.15, -0.1) is 0 Å². The second-order valence-corrected chi connectivity index (χ2v) is 7.01. The Labute approximate surface area is 166 Å². The first-order chi connectivity index (χ1) is 13.5. The van der Waals surface area contributed by atoms with Crippen LogP contribution in [0.5, 0.6) is 5.75 Å². The van der Waals surface area contributed by atoms with Crippen LogP contribution in [0, 0.1) is 20.8 Å². The Kier molecular flexibility index (Phi) is 6.49. The molecule has 0 saturated heterocycles. The second-order valence-electron chi connectivity index (χ2n) is 7.01. The van der Waals surface area contributed by atoms with Crippen molar-refractivity contribution in [3.05, 3.63) is 70.6 Å². The zero-order valence-corrected chi connectivity index (χ0v) is 17.0. The molecule has 1 aromatic heterocycles. The van der Waals surface area contributed by atoms with Crippen LogP contribution in [-0.2, 0) is 13.1 Å². The molecule has 0 spiro atoms. The SMILES string of the molecule is COc1ccc(-c2nc(CN(CCO)Cc3ccccc3)c(C)o2)c(C)c1C. The standard InChI is InChI=1S/C23H28N2O3/c1-16-17(2)22(27-4)11-10-20(16)23-24-21(18(3)28-23)15-25(12-13-26)14-19-8-6-5-7-9-19/h5-11,26H,12-15H2,1-4H3. The molecule has 1 N–H and O–H groups in total. The molecular formula is C23H28N2O3. The van der Waals surface area contributed by atoms with Gasteiger partial charge < -0.3 is 14.3 Å². The maximum absolute atomic E-state index is 9.46. The van der Waals surface area contributed by atoms with E-state index in [0.29, 0.717) is 19.0 Å². The van der Waals surface area contributed by atoms with Crippen LogP contribution in [0.4, 0.5) is 0 Å². The lowest BCUT2D eigenvalue weighted by Crippen LogP contribution is -2.26. The van der Waals surface area contributed by atoms with E-state index in [-0.39, 0.29) is 6.61 Å². The second kappa shape index (κ2) is 9.04. The van der Waals surface area contributed by atoms with Crippen LogP contribution >= 0.6 is 0 Å². The fourth-order valence-corrected chi connectivity index (χ4v) is 3.35. The van der Waals surface area contributed by atoms with Crippen molar-refractivity contribution in [2.45, 2.75) is 33.9 Å². The van der Waals surface area contributed by atoms with Gasteiger partial charge in [-0.1, -0.05) is 30.3 Å². The summed E-state index contributed by atoms with van der Waals surface area (Å²) in [5.41, 5.74) is 5.27. The zero-order valence-electron chi connectivity index (χ0n) is 17.0. The number of aryl methyl sites for hydroxylation is 1. The third-order valence-electron chi connectivity index (χ3n) is 5.12. The smallest absolute Gasteiger partial charge is 0.226 e. The van der Waals surface area contributed by atoms with Crippen molar-refractivity contribution in [1.82, 2.24) is 9.88 Å². The maximum atomic E-state index is 9.46. The number of hydrogen-bond acceptors (Lipinski definition) is 5. The number of rotatable bonds is 8. The molecule has 0 aliphatic carbocycles. The molecule has 0 atom stereocenters. The number of hydrogen-bond donors (Lipinski definition) is 1. The highest BCUT2D eigenvalue weighted by atomic mass is 16.5. The maximum Gasteiger partial charge on any atom is 0.226 e. The Morgan fingerprint density at radius 1 is 1.00 bits per heavy atom. The third-order valence-corrected chi connectivity index (χ3v) is 5.12. The fraction of sp³-hybridized carbons (Fsp3) is 0.348. The van der Waals surface area contributed by atoms with Gasteiger partial charge in [-0.3, -0.25) is 4.90 Å². The number of aliphatic hydroxyl groups excluding tert-OH is 1. The van der Waals surface area contributed by atoms with Gasteiger partial charge in [0.1, 0.15) is 11.5 Å². The highest BCUT2D eigenvalue weighted by Gasteiger charge is 2.18. The van der Waals surface area contributed by atoms with E-state index in [0.717, 1.165) is 40.4 Å². The number of methoxy groups -OCH3 is 1. The van der Waals surface area contributed by atoms with Gasteiger partial charge in [-0.25, -0.2) is 4.98 Å². The normalized spacial score (nSPS) is 11.2. The van der Waals surface area contributed by atoms with E-state index >= 15 is 0 Å². The van der Waals surface area contributed by atoms with Crippen LogP contribution < -0.4 is 4.74 Å². The summed E-state index contributed by atoms with van der Waals surface area (Å²) in [6.45, 7) is 8.10. The summed E-state index contributed by atoms with van der Waals surface area (Å²) in [6.07, 6.45) is 0. The van der Waals surface area contributed by atoms with Gasteiger partial charge in [0.05, 0.1) is 19.4 Å². The summed E-state index contributed by atoms with van der Waals surface area (Å²) in [5, 5.41) is 9.46. The summed E-state index contributed by atoms with van der Waals surface area (Å²) in [6, 6.07) is 14.2. The van der Waals surface area contributed by atoms with E-state index in [1.165, 1.54) is 5.56 Å². The van der Waals surface area contributed by atoms with E-state index < -0.39 is 0 Å². The zero-order chi connectivity index (χ0) is 20.1. The number of aliphatic hydroxyl groups is 1. The highest BCUT2D eigenvalue weighted by molar-refractivity contribution is 5.63. The minimum absolute atomic E-state index is 0.105. The molecule has 5 heteroatoms. The molecule has 0 bridgehead atoms. The molecule has 0 unspecified atom stereocenters. The predicted octanol–water partition coefficient (Wildman–Crippen LogP) is 4.27. The summed E-state index contributed by atoms with van der Waals surface area (Å²) in [5.74, 6) is 2.29. The summed E-state index contributed by atoms with van der Waals surface area (Å²) < 4.78 is 11.4. The van der Waals surface area contributed by atoms with E-state index in [4.69, 9.17) is 14.1 Å². The monoisotopic (exact) mass is 380 g/mol. The van der Waals surface area contributed by atoms with Gasteiger partial charge in [-0.05, 0) is 49.6 Å². The largest absolute Gasteiger partial charge is 0.496 e. The van der Waals surface area contributed by atoms with Crippen LogP contribution in [0.2, 0.25) is 0 Å². The average Bonchev–Trinajstić information content (AvgIpc) is 3.05. The Hall–Kier alpha value is -2.63. The van der Waals surface area contributed by atoms with E-state index in [2.05, 4.69) is 24.0 Å². The molecule has 0 aliphatic heterocycles. The number of nitrogens with zero attached hydrogens (tertiary/aromatic N) is 2. The molecule has 28 heavy (non-hydrogen) atoms. The van der Waals surface area contributed by atoms with Crippen molar-refractivity contribution >= 4 is 0 Å². The van der Waals surface area contributed by atoms with Crippen LogP contribution in [-0.4, -0.2) is 35.3 Å². The Balaban J connectivity index is 1.84. The minimum atomic E-state index is 0.105. The van der Waals surface area contributed by atoms with Crippen LogP contribution in [0.25, 0.3) is 11.5 Å². The molecule has 3 rings (SSSR count). The lowest BCUT2D eigenvalue weighted by Gasteiger charge is -2.20. The third kappa shape index (κ3) is 4.43. The van der Waals surface area contributed by atoms with Gasteiger partial charge in [0.2, 0.25) is 5.89 Å². The van der Waals surface area contributed by atoms with Gasteiger partial charge >= 0.3 is 0 Å². The molecule has 3 aromatic rings. The molecule has 0 fully saturated rings. The van der Waals surface area contributed by atoms with Gasteiger partial charge in [0.15, 0.2) is 0 Å². The summed E-state index contributed by atoms with van der Waals surface area (Å²) >= 11 is 0. The molecule has 0 saturated carbocycles. The minimum Gasteiger partial charge on any atom is -0.496 e. The first-order valence-electron chi connectivity index (χ1n) is 9.51. The lowest BCUT2D eigenvalue weighted by molar-refractivity contribution is 0.182. The number of aromatic nitrogens is 1. The number of benzene rings is 2. The molecule has 5 nitrogen and oxygen atoms in total. The molecule has 2 aromatic carbocycles. The van der Waals surface area contributed by atoms with Gasteiger partial charge in [-0.2, -0.15) is 0 Å². The first kappa shape index (κ1) is 20.1. The van der Waals surface area contributed by atoms with Gasteiger partial charge in [0, 0.05) is 25.2 Å². The fourth-order valence-electron chi connectivity index (χ4n) is 3.35. The molecule has 148 valence electrons. The number of oxazole rings is 1. The summed E-state index contributed by atoms with van der Waals surface area (Å²) in [4.78, 5) is 6.95. The van der Waals surface area contributed by atoms with E-state index in [9.17, 15) is 5.11 Å². The Morgan fingerprint density at radius 3 is 2.43 bits per heavy atom. The Morgan fingerprint density at radius 2 is 1.75 bits per heavy atom. The Bertz CT molecular complexity index is 919. The molecule has 1 heterocycles. The molecular weight excluding hydrogens is 352 g/mol. The predicted molar refractivity (Wildman–Crippen MR) is 110 cm³/mol. The average molecular weight is 380 g/mol. The van der Waals surface area contributed by atoms with Gasteiger partial charge in [0.25, 0.3) is 0 Å². The lowest BCUT2D eigenvalue weighted by atomic mass is 10.0. The van der Waals surface area contributed by atoms with Crippen molar-refractivity contribution in [1.29, 1.82) is 0 Å². The highest BCUT2D eigenvalue weighted by Crippen LogP contribution is 2.31. The number of ether oxygens (including phenoxy) is 1. The van der Waals surface area contributed by atoms with Crippen molar-refractivity contribution in [2.75, 3.05) is 20.3 Å². The topological polar surface area (TPSA) is 58.7 Å². The van der Waals surface area contributed by atoms with Crippen molar-refractivity contribution in [2.24, 2.45) is 0 Å². The van der Waals surface area contributed by atoms with E-state index in [1.54, 1.807) is 7.11 Å². The van der Waals surface area contributed by atoms with Crippen LogP contribution in [0.15, 0.2) is 46.9 Å². The van der Waals surface area contributed by atoms with Crippen molar-refractivity contribution in [3.8, 4) is 17.2 Å². The molecule has 0 radical (unpaired) electrons. The van der Waals surface area contributed by atoms with Crippen molar-refractivity contribution in [3.63, 3.8) is 0 Å². The van der Waals surface area contributed by atoms with Crippen LogP contribution in [0.3, 0.4) is 0 Å². The quantitative estimate of drug-likeness (QED) is 0.632. The summed E-state index contributed by atoms with van der Waals surface area (Å²) in [7, 11) is 1.68. The molecule has 0 aliphatic rings. The van der Waals surface area contributed by atoms with Crippen LogP contribution in [0.1, 0.15) is 28.1 Å². The van der Waals surface area contributed by atoms with E-state index in [1.807, 2.05) is 44.2 Å². The van der Waals surface area contributed by atoms with Crippen molar-refractivity contribution < 1.29 is 14.3 Å². The molecule has 0 amide bonds.